The van der Waals surface area contributed by atoms with E-state index in [2.05, 4.69) is 5.32 Å². The van der Waals surface area contributed by atoms with Crippen molar-refractivity contribution in [3.8, 4) is 0 Å². The number of carbonyl (C=O) groups excluding carboxylic acids is 1. The zero-order valence-electron chi connectivity index (χ0n) is 10.3. The van der Waals surface area contributed by atoms with E-state index in [1.807, 2.05) is 0 Å². The van der Waals surface area contributed by atoms with Crippen molar-refractivity contribution in [2.75, 3.05) is 5.73 Å². The van der Waals surface area contributed by atoms with E-state index in [9.17, 15) is 18.0 Å². The van der Waals surface area contributed by atoms with Gasteiger partial charge in [-0.25, -0.2) is 13.2 Å². The van der Waals surface area contributed by atoms with Crippen LogP contribution >= 0.6 is 0 Å². The smallest absolute Gasteiger partial charge is 0.254 e. The van der Waals surface area contributed by atoms with Gasteiger partial charge in [-0.3, -0.25) is 4.79 Å². The zero-order valence-corrected chi connectivity index (χ0v) is 10.3. The first-order chi connectivity index (χ1) is 9.47. The van der Waals surface area contributed by atoms with Crippen molar-refractivity contribution in [1.29, 1.82) is 0 Å². The van der Waals surface area contributed by atoms with Gasteiger partial charge in [0.25, 0.3) is 5.91 Å². The Morgan fingerprint density at radius 1 is 1.05 bits per heavy atom. The minimum atomic E-state index is -0.776. The summed E-state index contributed by atoms with van der Waals surface area (Å²) in [5.41, 5.74) is 5.32. The van der Waals surface area contributed by atoms with Gasteiger partial charge in [0.2, 0.25) is 0 Å². The largest absolute Gasteiger partial charge is 0.399 e. The van der Waals surface area contributed by atoms with Gasteiger partial charge in [-0.05, 0) is 36.4 Å². The highest BCUT2D eigenvalue weighted by molar-refractivity contribution is 5.94. The molecule has 6 heteroatoms. The van der Waals surface area contributed by atoms with Gasteiger partial charge < -0.3 is 11.1 Å². The van der Waals surface area contributed by atoms with Crippen LogP contribution in [0.3, 0.4) is 0 Å². The molecule has 3 N–H and O–H groups in total. The number of amides is 1. The Morgan fingerprint density at radius 2 is 1.80 bits per heavy atom. The summed E-state index contributed by atoms with van der Waals surface area (Å²) < 4.78 is 39.8. The fourth-order valence-electron chi connectivity index (χ4n) is 1.67. The summed E-state index contributed by atoms with van der Waals surface area (Å²) in [6.45, 7) is -0.244. The molecule has 0 saturated heterocycles. The van der Waals surface area contributed by atoms with E-state index in [-0.39, 0.29) is 23.4 Å². The van der Waals surface area contributed by atoms with Crippen LogP contribution in [-0.2, 0) is 6.54 Å². The maximum Gasteiger partial charge on any atom is 0.254 e. The molecule has 0 saturated carbocycles. The molecule has 0 fully saturated rings. The van der Waals surface area contributed by atoms with E-state index in [1.165, 1.54) is 12.1 Å². The molecule has 0 atom stereocenters. The molecular weight excluding hydrogens is 269 g/mol. The maximum absolute atomic E-state index is 13.5. The van der Waals surface area contributed by atoms with Crippen LogP contribution in [0, 0.1) is 17.5 Å². The predicted octanol–water partition coefficient (Wildman–Crippen LogP) is 2.62. The molecule has 0 unspecified atom stereocenters. The van der Waals surface area contributed by atoms with E-state index in [1.54, 1.807) is 0 Å². The number of nitrogen functional groups attached to an aromatic ring is 1. The normalized spacial score (nSPS) is 10.3. The molecule has 104 valence electrons. The van der Waals surface area contributed by atoms with E-state index < -0.39 is 23.4 Å². The van der Waals surface area contributed by atoms with Gasteiger partial charge in [0.1, 0.15) is 17.5 Å². The van der Waals surface area contributed by atoms with Crippen LogP contribution in [0.4, 0.5) is 18.9 Å². The highest BCUT2D eigenvalue weighted by Crippen LogP contribution is 2.13. The zero-order chi connectivity index (χ0) is 14.7. The summed E-state index contributed by atoms with van der Waals surface area (Å²) in [5, 5.41) is 2.32. The average Bonchev–Trinajstić information content (AvgIpc) is 2.39. The Balaban J connectivity index is 2.10. The summed E-state index contributed by atoms with van der Waals surface area (Å²) in [5.74, 6) is -2.77. The molecule has 20 heavy (non-hydrogen) atoms. The molecule has 1 amide bonds. The molecule has 0 bridgehead atoms. The van der Waals surface area contributed by atoms with Gasteiger partial charge >= 0.3 is 0 Å². The molecule has 2 rings (SSSR count). The van der Waals surface area contributed by atoms with Crippen LogP contribution < -0.4 is 11.1 Å². The number of anilines is 1. The van der Waals surface area contributed by atoms with Gasteiger partial charge in [-0.1, -0.05) is 0 Å². The lowest BCUT2D eigenvalue weighted by Crippen LogP contribution is -2.24. The molecule has 3 nitrogen and oxygen atoms in total. The molecule has 0 aliphatic rings. The number of hydrogen-bond acceptors (Lipinski definition) is 2. The van der Waals surface area contributed by atoms with Crippen LogP contribution in [0.5, 0.6) is 0 Å². The topological polar surface area (TPSA) is 55.1 Å². The van der Waals surface area contributed by atoms with Gasteiger partial charge in [0.15, 0.2) is 0 Å². The van der Waals surface area contributed by atoms with Crippen molar-refractivity contribution in [2.45, 2.75) is 6.54 Å². The summed E-state index contributed by atoms with van der Waals surface area (Å²) in [6.07, 6.45) is 0. The second kappa shape index (κ2) is 5.64. The maximum atomic E-state index is 13.5. The van der Waals surface area contributed by atoms with Crippen LogP contribution in [0.2, 0.25) is 0 Å². The van der Waals surface area contributed by atoms with Gasteiger partial charge in [-0.2, -0.15) is 0 Å². The minimum absolute atomic E-state index is 0.0193. The number of rotatable bonds is 3. The third kappa shape index (κ3) is 3.09. The van der Waals surface area contributed by atoms with Gasteiger partial charge in [0.05, 0.1) is 5.56 Å². The number of carbonyl (C=O) groups is 1. The first-order valence-electron chi connectivity index (χ1n) is 5.74. The second-order valence-corrected chi connectivity index (χ2v) is 4.16. The SMILES string of the molecule is Nc1ccc(C(=O)NCc2cc(F)ccc2F)c(F)c1. The second-order valence-electron chi connectivity index (χ2n) is 4.16. The van der Waals surface area contributed by atoms with Gasteiger partial charge in [0, 0.05) is 17.8 Å². The fraction of sp³-hybridized carbons (Fsp3) is 0.0714. The van der Waals surface area contributed by atoms with E-state index in [0.717, 1.165) is 24.3 Å². The number of nitrogens with one attached hydrogen (secondary N) is 1. The summed E-state index contributed by atoms with van der Waals surface area (Å²) in [7, 11) is 0. The first-order valence-corrected chi connectivity index (χ1v) is 5.74. The molecular formula is C14H11F3N2O. The van der Waals surface area contributed by atoms with Crippen molar-refractivity contribution >= 4 is 11.6 Å². The molecule has 2 aromatic rings. The fourth-order valence-corrected chi connectivity index (χ4v) is 1.67. The lowest BCUT2D eigenvalue weighted by atomic mass is 10.1. The summed E-state index contributed by atoms with van der Waals surface area (Å²) in [6, 6.07) is 6.51. The minimum Gasteiger partial charge on any atom is -0.399 e. The van der Waals surface area contributed by atoms with E-state index >= 15 is 0 Å². The van der Waals surface area contributed by atoms with Gasteiger partial charge in [-0.15, -0.1) is 0 Å². The molecule has 0 aliphatic carbocycles. The first kappa shape index (κ1) is 13.9. The third-order valence-electron chi connectivity index (χ3n) is 2.68. The average molecular weight is 280 g/mol. The van der Waals surface area contributed by atoms with E-state index in [0.29, 0.717) is 0 Å². The van der Waals surface area contributed by atoms with E-state index in [4.69, 9.17) is 5.73 Å². The summed E-state index contributed by atoms with van der Waals surface area (Å²) in [4.78, 5) is 11.7. The quantitative estimate of drug-likeness (QED) is 0.849. The Hall–Kier alpha value is -2.50. The number of hydrogen-bond donors (Lipinski definition) is 2. The Labute approximate surface area is 113 Å². The number of halogens is 3. The van der Waals surface area contributed by atoms with Crippen molar-refractivity contribution in [3.63, 3.8) is 0 Å². The Bertz CT molecular complexity index is 659. The Kier molecular flexibility index (Phi) is 3.93. The predicted molar refractivity (Wildman–Crippen MR) is 68.3 cm³/mol. The molecule has 0 heterocycles. The van der Waals surface area contributed by atoms with Crippen LogP contribution in [0.25, 0.3) is 0 Å². The van der Waals surface area contributed by atoms with Crippen LogP contribution in [0.15, 0.2) is 36.4 Å². The van der Waals surface area contributed by atoms with Crippen molar-refractivity contribution in [1.82, 2.24) is 5.32 Å². The molecule has 0 spiro atoms. The van der Waals surface area contributed by atoms with Crippen molar-refractivity contribution in [2.24, 2.45) is 0 Å². The molecule has 2 aromatic carbocycles. The van der Waals surface area contributed by atoms with Crippen LogP contribution in [0.1, 0.15) is 15.9 Å². The summed E-state index contributed by atoms with van der Waals surface area (Å²) >= 11 is 0. The molecule has 0 radical (unpaired) electrons. The van der Waals surface area contributed by atoms with Crippen molar-refractivity contribution in [3.05, 3.63) is 65.0 Å². The lowest BCUT2D eigenvalue weighted by molar-refractivity contribution is 0.0946. The number of benzene rings is 2. The molecule has 0 aromatic heterocycles. The monoisotopic (exact) mass is 280 g/mol. The lowest BCUT2D eigenvalue weighted by Gasteiger charge is -2.07. The Morgan fingerprint density at radius 3 is 2.50 bits per heavy atom. The molecule has 0 aliphatic heterocycles. The highest BCUT2D eigenvalue weighted by atomic mass is 19.1. The van der Waals surface area contributed by atoms with Crippen LogP contribution in [-0.4, -0.2) is 5.91 Å². The standard InChI is InChI=1S/C14H11F3N2O/c15-9-1-4-12(16)8(5-9)7-19-14(20)11-3-2-10(18)6-13(11)17/h1-6H,7,18H2,(H,19,20). The number of nitrogens with two attached hydrogens (primary N) is 1. The van der Waals surface area contributed by atoms with Crippen molar-refractivity contribution < 1.29 is 18.0 Å². The third-order valence-corrected chi connectivity index (χ3v) is 2.68. The highest BCUT2D eigenvalue weighted by Gasteiger charge is 2.12.